The Morgan fingerprint density at radius 3 is 2.35 bits per heavy atom. The van der Waals surface area contributed by atoms with Crippen LogP contribution in [0.5, 0.6) is 0 Å². The molecule has 2 rings (SSSR count). The maximum Gasteiger partial charge on any atom is 0.168 e. The number of aromatic nitrogens is 1. The van der Waals surface area contributed by atoms with E-state index in [1.165, 1.54) is 0 Å². The molecule has 1 aromatic rings. The molecule has 17 heavy (non-hydrogen) atoms. The highest BCUT2D eigenvalue weighted by Crippen LogP contribution is 2.28. The average Bonchev–Trinajstić information content (AvgIpc) is 2.56. The molecular formula is C14H19NO2. The van der Waals surface area contributed by atoms with Crippen LogP contribution in [-0.2, 0) is 11.2 Å². The minimum Gasteiger partial charge on any atom is -0.382 e. The van der Waals surface area contributed by atoms with Crippen LogP contribution >= 0.6 is 0 Å². The topological polar surface area (TPSA) is 50.2 Å². The van der Waals surface area contributed by atoms with E-state index < -0.39 is 5.60 Å². The molecule has 0 aromatic carbocycles. The lowest BCUT2D eigenvalue weighted by atomic mass is 9.87. The molecule has 1 fully saturated rings. The second-order valence-electron chi connectivity index (χ2n) is 4.90. The number of hydrogen-bond donors (Lipinski definition) is 1. The van der Waals surface area contributed by atoms with Crippen LogP contribution in [-0.4, -0.2) is 21.5 Å². The van der Waals surface area contributed by atoms with E-state index in [1.54, 1.807) is 12.4 Å². The fourth-order valence-corrected chi connectivity index (χ4v) is 2.44. The summed E-state index contributed by atoms with van der Waals surface area (Å²) < 4.78 is 0. The third-order valence-electron chi connectivity index (χ3n) is 3.56. The number of carbonyl (C=O) groups is 1. The quantitative estimate of drug-likeness (QED) is 0.815. The first-order valence-electron chi connectivity index (χ1n) is 6.35. The Morgan fingerprint density at radius 1 is 1.18 bits per heavy atom. The van der Waals surface area contributed by atoms with Gasteiger partial charge in [-0.1, -0.05) is 25.7 Å². The van der Waals surface area contributed by atoms with E-state index >= 15 is 0 Å². The van der Waals surface area contributed by atoms with E-state index in [-0.39, 0.29) is 5.78 Å². The Balaban J connectivity index is 2.03. The van der Waals surface area contributed by atoms with Crippen molar-refractivity contribution in [1.82, 2.24) is 4.98 Å². The highest BCUT2D eigenvalue weighted by molar-refractivity contribution is 5.88. The fourth-order valence-electron chi connectivity index (χ4n) is 2.44. The third kappa shape index (κ3) is 3.13. The molecule has 3 heteroatoms. The lowest BCUT2D eigenvalue weighted by Gasteiger charge is -2.24. The summed E-state index contributed by atoms with van der Waals surface area (Å²) in [6, 6.07) is 3.66. The van der Waals surface area contributed by atoms with E-state index in [0.717, 1.165) is 31.2 Å². The van der Waals surface area contributed by atoms with Gasteiger partial charge in [-0.05, 0) is 30.5 Å². The zero-order valence-electron chi connectivity index (χ0n) is 10.1. The van der Waals surface area contributed by atoms with Crippen molar-refractivity contribution >= 4 is 5.78 Å². The van der Waals surface area contributed by atoms with E-state index in [4.69, 9.17) is 0 Å². The van der Waals surface area contributed by atoms with Crippen molar-refractivity contribution in [3.05, 3.63) is 30.1 Å². The van der Waals surface area contributed by atoms with Gasteiger partial charge in [0.1, 0.15) is 5.60 Å². The predicted molar refractivity (Wildman–Crippen MR) is 65.6 cm³/mol. The van der Waals surface area contributed by atoms with E-state index in [9.17, 15) is 9.90 Å². The van der Waals surface area contributed by atoms with Gasteiger partial charge in [0.2, 0.25) is 0 Å². The summed E-state index contributed by atoms with van der Waals surface area (Å²) in [6.07, 6.45) is 9.10. The summed E-state index contributed by atoms with van der Waals surface area (Å²) in [7, 11) is 0. The number of ketones is 1. The van der Waals surface area contributed by atoms with Crippen molar-refractivity contribution < 1.29 is 9.90 Å². The molecule has 1 aromatic heterocycles. The molecule has 0 aliphatic heterocycles. The summed E-state index contributed by atoms with van der Waals surface area (Å²) >= 11 is 0. The molecule has 0 radical (unpaired) electrons. The van der Waals surface area contributed by atoms with E-state index in [1.807, 2.05) is 12.1 Å². The lowest BCUT2D eigenvalue weighted by Crippen LogP contribution is -2.39. The van der Waals surface area contributed by atoms with Crippen molar-refractivity contribution in [1.29, 1.82) is 0 Å². The molecule has 1 N–H and O–H groups in total. The summed E-state index contributed by atoms with van der Waals surface area (Å²) in [4.78, 5) is 16.1. The number of Topliss-reactive ketones (excluding diaryl/α,β-unsaturated/α-hetero) is 1. The third-order valence-corrected chi connectivity index (χ3v) is 3.56. The monoisotopic (exact) mass is 233 g/mol. The zero-order valence-corrected chi connectivity index (χ0v) is 10.1. The number of nitrogens with zero attached hydrogens (tertiary/aromatic N) is 1. The number of carbonyl (C=O) groups excluding carboxylic acids is 1. The Bertz CT molecular complexity index is 367. The van der Waals surface area contributed by atoms with Crippen molar-refractivity contribution in [3.8, 4) is 0 Å². The van der Waals surface area contributed by atoms with Gasteiger partial charge in [0.05, 0.1) is 0 Å². The highest BCUT2D eigenvalue weighted by atomic mass is 16.3. The van der Waals surface area contributed by atoms with Gasteiger partial charge in [0, 0.05) is 18.8 Å². The second-order valence-corrected chi connectivity index (χ2v) is 4.90. The Labute approximate surface area is 102 Å². The molecule has 0 atom stereocenters. The van der Waals surface area contributed by atoms with Crippen LogP contribution in [0.15, 0.2) is 24.5 Å². The van der Waals surface area contributed by atoms with Gasteiger partial charge < -0.3 is 5.11 Å². The van der Waals surface area contributed by atoms with Gasteiger partial charge in [-0.25, -0.2) is 0 Å². The van der Waals surface area contributed by atoms with E-state index in [2.05, 4.69) is 4.98 Å². The molecule has 92 valence electrons. The number of hydrogen-bond acceptors (Lipinski definition) is 3. The molecule has 1 aliphatic carbocycles. The normalized spacial score (nSPS) is 19.6. The van der Waals surface area contributed by atoms with Crippen molar-refractivity contribution in [2.24, 2.45) is 0 Å². The van der Waals surface area contributed by atoms with Crippen LogP contribution in [0.4, 0.5) is 0 Å². The first-order chi connectivity index (χ1) is 8.21. The molecule has 1 saturated carbocycles. The highest BCUT2D eigenvalue weighted by Gasteiger charge is 2.35. The van der Waals surface area contributed by atoms with Crippen LogP contribution in [0, 0.1) is 0 Å². The summed E-state index contributed by atoms with van der Waals surface area (Å²) in [5.74, 6) is -0.0365. The fraction of sp³-hybridized carbons (Fsp3) is 0.571. The Morgan fingerprint density at radius 2 is 1.76 bits per heavy atom. The molecular weight excluding hydrogens is 214 g/mol. The van der Waals surface area contributed by atoms with Crippen molar-refractivity contribution in [2.75, 3.05) is 0 Å². The summed E-state index contributed by atoms with van der Waals surface area (Å²) in [5.41, 5.74) is -0.151. The van der Waals surface area contributed by atoms with Crippen LogP contribution in [0.25, 0.3) is 0 Å². The van der Waals surface area contributed by atoms with Crippen LogP contribution in [0.1, 0.15) is 44.1 Å². The number of aliphatic hydroxyl groups is 1. The van der Waals surface area contributed by atoms with Gasteiger partial charge in [-0.3, -0.25) is 9.78 Å². The largest absolute Gasteiger partial charge is 0.382 e. The molecule has 0 bridgehead atoms. The van der Waals surface area contributed by atoms with Crippen LogP contribution < -0.4 is 0 Å². The summed E-state index contributed by atoms with van der Waals surface area (Å²) in [5, 5.41) is 10.4. The molecule has 3 nitrogen and oxygen atoms in total. The molecule has 1 heterocycles. The van der Waals surface area contributed by atoms with Gasteiger partial charge in [-0.15, -0.1) is 0 Å². The number of rotatable bonds is 3. The zero-order chi connectivity index (χ0) is 12.1. The second kappa shape index (κ2) is 5.41. The minimum atomic E-state index is -1.08. The Kier molecular flexibility index (Phi) is 3.89. The van der Waals surface area contributed by atoms with Gasteiger partial charge in [-0.2, -0.15) is 0 Å². The Hall–Kier alpha value is -1.22. The van der Waals surface area contributed by atoms with Gasteiger partial charge >= 0.3 is 0 Å². The van der Waals surface area contributed by atoms with Crippen molar-refractivity contribution in [2.45, 2.75) is 50.5 Å². The summed E-state index contributed by atoms with van der Waals surface area (Å²) in [6.45, 7) is 0. The van der Waals surface area contributed by atoms with Crippen LogP contribution in [0.3, 0.4) is 0 Å². The standard InChI is InChI=1S/C14H19NO2/c16-13(11-12-5-9-15-10-6-12)14(17)7-3-1-2-4-8-14/h5-6,9-10,17H,1-4,7-8,11H2. The molecule has 0 amide bonds. The maximum atomic E-state index is 12.2. The van der Waals surface area contributed by atoms with Crippen molar-refractivity contribution in [3.63, 3.8) is 0 Å². The molecule has 1 aliphatic rings. The maximum absolute atomic E-state index is 12.2. The molecule has 0 saturated heterocycles. The lowest BCUT2D eigenvalue weighted by molar-refractivity contribution is -0.138. The first-order valence-corrected chi connectivity index (χ1v) is 6.35. The minimum absolute atomic E-state index is 0.0365. The van der Waals surface area contributed by atoms with Gasteiger partial charge in [0.15, 0.2) is 5.78 Å². The average molecular weight is 233 g/mol. The first kappa shape index (κ1) is 12.2. The molecule has 0 spiro atoms. The number of pyridine rings is 1. The van der Waals surface area contributed by atoms with Gasteiger partial charge in [0.25, 0.3) is 0 Å². The SMILES string of the molecule is O=C(Cc1ccncc1)C1(O)CCCCCC1. The molecule has 0 unspecified atom stereocenters. The predicted octanol–water partition coefficient (Wildman–Crippen LogP) is 2.28. The smallest absolute Gasteiger partial charge is 0.168 e. The van der Waals surface area contributed by atoms with E-state index in [0.29, 0.717) is 19.3 Å². The van der Waals surface area contributed by atoms with Crippen LogP contribution in [0.2, 0.25) is 0 Å².